The number of fused-ring (bicyclic) bond motifs is 4. The Hall–Kier alpha value is -3.41. The van der Waals surface area contributed by atoms with Gasteiger partial charge in [0, 0.05) is 11.5 Å². The Kier molecular flexibility index (Phi) is 4.69. The molecule has 1 saturated carbocycles. The summed E-state index contributed by atoms with van der Waals surface area (Å²) in [5, 5.41) is 47.4. The van der Waals surface area contributed by atoms with Crippen molar-refractivity contribution in [1.82, 2.24) is 10.6 Å². The van der Waals surface area contributed by atoms with Crippen LogP contribution in [0.4, 0.5) is 4.39 Å². The first kappa shape index (κ1) is 20.5. The number of hydrogen-bond donors (Lipinski definition) is 6. The van der Waals surface area contributed by atoms with E-state index in [-0.39, 0.29) is 35.0 Å². The van der Waals surface area contributed by atoms with Gasteiger partial charge in [-0.3, -0.25) is 9.59 Å². The van der Waals surface area contributed by atoms with E-state index in [0.29, 0.717) is 0 Å². The summed E-state index contributed by atoms with van der Waals surface area (Å²) in [7, 11) is 0. The van der Waals surface area contributed by atoms with Crippen molar-refractivity contribution in [3.8, 4) is 17.2 Å². The lowest BCUT2D eigenvalue weighted by atomic mass is 9.68. The molecule has 2 aliphatic heterocycles. The first-order valence-corrected chi connectivity index (χ1v) is 9.85. The van der Waals surface area contributed by atoms with Crippen molar-refractivity contribution >= 4 is 11.8 Å². The minimum absolute atomic E-state index is 0.0128. The van der Waals surface area contributed by atoms with Crippen LogP contribution in [0.1, 0.15) is 32.2 Å². The quantitative estimate of drug-likeness (QED) is 0.355. The van der Waals surface area contributed by atoms with Gasteiger partial charge in [-0.1, -0.05) is 0 Å². The van der Waals surface area contributed by atoms with Crippen LogP contribution in [0.15, 0.2) is 30.3 Å². The largest absolute Gasteiger partial charge is 0.504 e. The molecule has 11 heteroatoms. The number of carbonyl (C=O) groups is 2. The molecule has 1 fully saturated rings. The molecule has 3 aliphatic rings. The second-order valence-electron chi connectivity index (χ2n) is 7.93. The minimum atomic E-state index is -1.68. The van der Waals surface area contributed by atoms with Crippen LogP contribution in [0.3, 0.4) is 0 Å². The van der Waals surface area contributed by atoms with Gasteiger partial charge >= 0.3 is 0 Å². The third-order valence-corrected chi connectivity index (χ3v) is 6.17. The maximum Gasteiger partial charge on any atom is 0.255 e. The number of phenolic OH excluding ortho intramolecular Hbond substituents is 1. The second-order valence-corrected chi connectivity index (χ2v) is 7.93. The summed E-state index contributed by atoms with van der Waals surface area (Å²) in [6.45, 7) is -0.170. The molecular formula is C21H19FN2O8. The molecule has 2 heterocycles. The summed E-state index contributed by atoms with van der Waals surface area (Å²) in [5.74, 6) is -3.18. The van der Waals surface area contributed by atoms with E-state index in [2.05, 4.69) is 10.6 Å². The van der Waals surface area contributed by atoms with Gasteiger partial charge in [-0.2, -0.15) is 0 Å². The molecule has 2 aromatic carbocycles. The highest BCUT2D eigenvalue weighted by atomic mass is 19.1. The SMILES string of the molecule is O=C(NC1C2c3cc4c(c(O)c3C(=O)N[C@H]2C(O)C(O)[C@H]1O)OCO4)c1ccc(F)cc1. The first-order chi connectivity index (χ1) is 15.3. The molecular weight excluding hydrogens is 427 g/mol. The van der Waals surface area contributed by atoms with E-state index in [1.165, 1.54) is 18.2 Å². The Balaban J connectivity index is 1.59. The van der Waals surface area contributed by atoms with Crippen LogP contribution in [0, 0.1) is 5.82 Å². The number of aromatic hydroxyl groups is 1. The first-order valence-electron chi connectivity index (χ1n) is 9.85. The van der Waals surface area contributed by atoms with Crippen molar-refractivity contribution in [2.75, 3.05) is 6.79 Å². The topological polar surface area (TPSA) is 158 Å². The number of carbonyl (C=O) groups excluding carboxylic acids is 2. The number of ether oxygens (including phenoxy) is 2. The number of benzene rings is 2. The number of rotatable bonds is 2. The number of nitrogens with one attached hydrogen (secondary N) is 2. The monoisotopic (exact) mass is 446 g/mol. The smallest absolute Gasteiger partial charge is 0.255 e. The summed E-state index contributed by atoms with van der Waals surface area (Å²) in [4.78, 5) is 25.5. The van der Waals surface area contributed by atoms with E-state index in [1.807, 2.05) is 0 Å². The number of aliphatic hydroxyl groups excluding tert-OH is 3. The molecule has 2 amide bonds. The van der Waals surface area contributed by atoms with Crippen molar-refractivity contribution in [3.05, 3.63) is 52.8 Å². The highest BCUT2D eigenvalue weighted by Gasteiger charge is 2.54. The van der Waals surface area contributed by atoms with Gasteiger partial charge in [-0.15, -0.1) is 0 Å². The van der Waals surface area contributed by atoms with Crippen molar-refractivity contribution in [2.45, 2.75) is 36.3 Å². The van der Waals surface area contributed by atoms with Crippen molar-refractivity contribution in [1.29, 1.82) is 0 Å². The van der Waals surface area contributed by atoms with Crippen LogP contribution in [-0.2, 0) is 0 Å². The van der Waals surface area contributed by atoms with Crippen LogP contribution in [0.5, 0.6) is 17.2 Å². The van der Waals surface area contributed by atoms with E-state index >= 15 is 0 Å². The standard InChI is InChI=1S/C21H19FN2O8/c22-8-3-1-7(2-4-8)20(29)23-13-11-9-5-10-19(32-6-31-10)15(25)12(9)21(30)24-14(11)17(27)18(28)16(13)26/h1-5,11,13-14,16-18,25-28H,6H2,(H,23,29)(H,24,30)/t11?,13?,14-,16+,17?,18?/m1/s1. The molecule has 6 atom stereocenters. The van der Waals surface area contributed by atoms with Gasteiger partial charge in [-0.05, 0) is 35.9 Å². The molecule has 4 unspecified atom stereocenters. The Morgan fingerprint density at radius 3 is 2.53 bits per heavy atom. The fraction of sp³-hybridized carbons (Fsp3) is 0.333. The van der Waals surface area contributed by atoms with Crippen LogP contribution >= 0.6 is 0 Å². The minimum Gasteiger partial charge on any atom is -0.504 e. The van der Waals surface area contributed by atoms with Gasteiger partial charge in [0.15, 0.2) is 11.5 Å². The lowest BCUT2D eigenvalue weighted by Gasteiger charge is -2.49. The molecule has 6 N–H and O–H groups in total. The normalized spacial score (nSPS) is 30.2. The van der Waals surface area contributed by atoms with Crippen LogP contribution in [0.25, 0.3) is 0 Å². The van der Waals surface area contributed by atoms with Crippen molar-refractivity contribution < 1.29 is 43.9 Å². The molecule has 0 bridgehead atoms. The zero-order chi connectivity index (χ0) is 22.7. The molecule has 0 saturated heterocycles. The summed E-state index contributed by atoms with van der Waals surface area (Å²) in [6, 6.07) is 3.88. The third-order valence-electron chi connectivity index (χ3n) is 6.17. The molecule has 0 aromatic heterocycles. The molecule has 0 spiro atoms. The maximum atomic E-state index is 13.2. The van der Waals surface area contributed by atoms with Crippen LogP contribution in [-0.4, -0.2) is 69.4 Å². The number of phenols is 1. The fourth-order valence-electron chi connectivity index (χ4n) is 4.62. The predicted molar refractivity (Wildman–Crippen MR) is 104 cm³/mol. The van der Waals surface area contributed by atoms with E-state index in [9.17, 15) is 34.4 Å². The Morgan fingerprint density at radius 1 is 1.09 bits per heavy atom. The Morgan fingerprint density at radius 2 is 1.81 bits per heavy atom. The molecule has 2 aromatic rings. The number of amides is 2. The van der Waals surface area contributed by atoms with E-state index in [1.54, 1.807) is 0 Å². The van der Waals surface area contributed by atoms with Gasteiger partial charge < -0.3 is 40.5 Å². The summed E-state index contributed by atoms with van der Waals surface area (Å²) >= 11 is 0. The number of aliphatic hydroxyl groups is 3. The molecule has 32 heavy (non-hydrogen) atoms. The summed E-state index contributed by atoms with van der Waals surface area (Å²) < 4.78 is 23.7. The Labute approximate surface area is 180 Å². The lowest BCUT2D eigenvalue weighted by Crippen LogP contribution is -2.69. The van der Waals surface area contributed by atoms with E-state index in [4.69, 9.17) is 9.47 Å². The number of halogens is 1. The van der Waals surface area contributed by atoms with Crippen LogP contribution < -0.4 is 20.1 Å². The maximum absolute atomic E-state index is 13.2. The zero-order valence-corrected chi connectivity index (χ0v) is 16.4. The molecule has 1 aliphatic carbocycles. The average Bonchev–Trinajstić information content (AvgIpc) is 3.24. The molecule has 0 radical (unpaired) electrons. The highest BCUT2D eigenvalue weighted by molar-refractivity contribution is 6.02. The van der Waals surface area contributed by atoms with Gasteiger partial charge in [-0.25, -0.2) is 4.39 Å². The Bertz CT molecular complexity index is 1110. The lowest BCUT2D eigenvalue weighted by molar-refractivity contribution is -0.117. The van der Waals surface area contributed by atoms with Gasteiger partial charge in [0.05, 0.1) is 17.6 Å². The van der Waals surface area contributed by atoms with Crippen molar-refractivity contribution in [3.63, 3.8) is 0 Å². The number of hydrogen-bond acceptors (Lipinski definition) is 8. The third kappa shape index (κ3) is 2.97. The summed E-state index contributed by atoms with van der Waals surface area (Å²) in [6.07, 6.45) is -4.86. The highest BCUT2D eigenvalue weighted by Crippen LogP contribution is 2.50. The molecule has 168 valence electrons. The van der Waals surface area contributed by atoms with E-state index in [0.717, 1.165) is 12.1 Å². The fourth-order valence-corrected chi connectivity index (χ4v) is 4.62. The second kappa shape index (κ2) is 7.33. The molecule has 5 rings (SSSR count). The van der Waals surface area contributed by atoms with Gasteiger partial charge in [0.2, 0.25) is 12.5 Å². The van der Waals surface area contributed by atoms with Gasteiger partial charge in [0.25, 0.3) is 11.8 Å². The zero-order valence-electron chi connectivity index (χ0n) is 16.4. The predicted octanol–water partition coefficient (Wildman–Crippen LogP) is -0.650. The summed E-state index contributed by atoms with van der Waals surface area (Å²) in [5.41, 5.74) is 0.159. The van der Waals surface area contributed by atoms with E-state index < -0.39 is 59.7 Å². The van der Waals surface area contributed by atoms with Gasteiger partial charge in [0.1, 0.15) is 24.1 Å². The molecule has 10 nitrogen and oxygen atoms in total. The van der Waals surface area contributed by atoms with Crippen molar-refractivity contribution in [2.24, 2.45) is 0 Å². The van der Waals surface area contributed by atoms with Crippen LogP contribution in [0.2, 0.25) is 0 Å². The average molecular weight is 446 g/mol.